The van der Waals surface area contributed by atoms with E-state index in [4.69, 9.17) is 18.4 Å². The molecule has 0 aromatic heterocycles. The first-order valence-electron chi connectivity index (χ1n) is 18.5. The number of ether oxygens (including phenoxy) is 3. The predicted molar refractivity (Wildman–Crippen MR) is 191 cm³/mol. The van der Waals surface area contributed by atoms with E-state index in [9.17, 15) is 79.4 Å². The molecular formula is C39H33F23O5S. The van der Waals surface area contributed by atoms with E-state index in [1.54, 1.807) is 0 Å². The first kappa shape index (κ1) is 57.6. The lowest BCUT2D eigenvalue weighted by molar-refractivity contribution is -0.477. The molecule has 0 saturated carbocycles. The summed E-state index contributed by atoms with van der Waals surface area (Å²) < 4.78 is 352. The zero-order chi connectivity index (χ0) is 53.1. The summed E-state index contributed by atoms with van der Waals surface area (Å²) in [4.78, 5) is 11.6. The van der Waals surface area contributed by atoms with Crippen LogP contribution in [0.2, 0.25) is 0 Å². The lowest BCUT2D eigenvalue weighted by atomic mass is 9.85. The van der Waals surface area contributed by atoms with Gasteiger partial charge in [0, 0.05) is 32.2 Å². The Hall–Kier alpha value is -4.73. The number of halogens is 23. The molecule has 0 unspecified atom stereocenters. The summed E-state index contributed by atoms with van der Waals surface area (Å²) in [5.74, 6) is -96.7. The summed E-state index contributed by atoms with van der Waals surface area (Å²) >= 11 is 0. The van der Waals surface area contributed by atoms with Crippen molar-refractivity contribution in [3.05, 3.63) is 72.8 Å². The summed E-state index contributed by atoms with van der Waals surface area (Å²) in [7, 11) is -4.84. The molecule has 0 aliphatic rings. The molecule has 0 heterocycles. The van der Waals surface area contributed by atoms with Crippen molar-refractivity contribution in [2.45, 2.75) is 140 Å². The summed E-state index contributed by atoms with van der Waals surface area (Å²) in [5.41, 5.74) is 0. The second-order valence-electron chi connectivity index (χ2n) is 15.0. The number of benzene rings is 3. The van der Waals surface area contributed by atoms with Crippen molar-refractivity contribution in [3.8, 4) is 17.2 Å². The van der Waals surface area contributed by atoms with Crippen LogP contribution < -0.4 is 14.2 Å². The van der Waals surface area contributed by atoms with E-state index in [2.05, 4.69) is 0 Å². The average molecular weight is 1050 g/mol. The van der Waals surface area contributed by atoms with Crippen LogP contribution in [0.4, 0.5) is 101 Å². The molecule has 5 nitrogen and oxygen atoms in total. The Morgan fingerprint density at radius 1 is 0.412 bits per heavy atom. The number of carbonyl (C=O) groups excluding carboxylic acids is 1. The van der Waals surface area contributed by atoms with Crippen molar-refractivity contribution in [1.82, 2.24) is 0 Å². The highest BCUT2D eigenvalue weighted by Gasteiger charge is 2.99. The SMILES string of the molecule is CC(C)Oc1cc(OC(C)C)c(S(OC(=O)C(F)(F)C(F)(F)C(F)(F)C(F)(F)C(F)(F)C(F)(F)C(F)(F)C(F)(F)C(F)(F)C(F)(F)C(F)(F)F)(c2ccccc2)c2ccccc2)c(OC(C)C)c1. The standard InChI is InChI=1S/C39H33F23O5S/c1-19(2)64-22-17-25(65-20(3)4)27(26(18-22)66-21(5)6)68(23-13-9-7-10-14-23,24-15-11-8-12-16-24)67-28(63)29(40,41)30(42,43)31(44,45)32(46,47)33(48,49)34(50,51)35(52,53)36(54,55)37(56,57)38(58,59)39(60,61)62/h7-21H,1-6H3. The molecule has 0 saturated heterocycles. The quantitative estimate of drug-likeness (QED) is 0.106. The molecule has 386 valence electrons. The molecule has 0 N–H and O–H groups in total. The topological polar surface area (TPSA) is 54.0 Å². The van der Waals surface area contributed by atoms with Crippen LogP contribution in [0.1, 0.15) is 41.5 Å². The van der Waals surface area contributed by atoms with Crippen LogP contribution in [0.15, 0.2) is 87.5 Å². The molecule has 0 radical (unpaired) electrons. The molecule has 0 bridgehead atoms. The largest absolute Gasteiger partial charge is 0.491 e. The second kappa shape index (κ2) is 18.2. The third-order valence-electron chi connectivity index (χ3n) is 8.89. The Balaban J connectivity index is 2.44. The molecule has 3 aromatic carbocycles. The maximum absolute atomic E-state index is 15.9. The third kappa shape index (κ3) is 8.88. The molecule has 0 aliphatic heterocycles. The van der Waals surface area contributed by atoms with Crippen molar-refractivity contribution >= 4 is 16.3 Å². The molecular weight excluding hydrogens is 1020 g/mol. The van der Waals surface area contributed by atoms with E-state index in [1.165, 1.54) is 53.7 Å². The fourth-order valence-corrected chi connectivity index (χ4v) is 8.86. The molecule has 0 fully saturated rings. The van der Waals surface area contributed by atoms with Crippen molar-refractivity contribution in [2.24, 2.45) is 0 Å². The Morgan fingerprint density at radius 2 is 0.691 bits per heavy atom. The summed E-state index contributed by atoms with van der Waals surface area (Å²) in [5, 5.41) is 0. The predicted octanol–water partition coefficient (Wildman–Crippen LogP) is 14.7. The molecule has 0 spiro atoms. The van der Waals surface area contributed by atoms with Gasteiger partial charge in [-0.15, -0.1) is 0 Å². The fraction of sp³-hybridized carbons (Fsp3) is 0.513. The maximum atomic E-state index is 15.9. The summed E-state index contributed by atoms with van der Waals surface area (Å²) in [6.07, 6.45) is -10.9. The van der Waals surface area contributed by atoms with Crippen molar-refractivity contribution < 1.29 is 124 Å². The van der Waals surface area contributed by atoms with Gasteiger partial charge < -0.3 is 18.4 Å². The van der Waals surface area contributed by atoms with E-state index in [0.717, 1.165) is 60.7 Å². The molecule has 0 amide bonds. The van der Waals surface area contributed by atoms with Gasteiger partial charge in [0.15, 0.2) is 0 Å². The van der Waals surface area contributed by atoms with Gasteiger partial charge in [0.05, 0.1) is 18.3 Å². The normalized spacial score (nSPS) is 14.9. The highest BCUT2D eigenvalue weighted by atomic mass is 32.3. The minimum absolute atomic E-state index is 0.187. The lowest BCUT2D eigenvalue weighted by Crippen LogP contribution is -2.78. The van der Waals surface area contributed by atoms with Crippen molar-refractivity contribution in [1.29, 1.82) is 0 Å². The van der Waals surface area contributed by atoms with Gasteiger partial charge >= 0.3 is 71.4 Å². The lowest BCUT2D eigenvalue weighted by Gasteiger charge is -2.45. The van der Waals surface area contributed by atoms with Gasteiger partial charge in [-0.05, 0) is 65.8 Å². The zero-order valence-corrected chi connectivity index (χ0v) is 35.6. The van der Waals surface area contributed by atoms with Gasteiger partial charge in [-0.2, -0.15) is 101 Å². The Morgan fingerprint density at radius 3 is 0.971 bits per heavy atom. The van der Waals surface area contributed by atoms with Gasteiger partial charge in [-0.25, -0.2) is 4.79 Å². The number of rotatable bonds is 20. The van der Waals surface area contributed by atoms with E-state index >= 15 is 26.3 Å². The van der Waals surface area contributed by atoms with Crippen LogP contribution in [-0.2, 0) is 8.98 Å². The first-order chi connectivity index (χ1) is 30.3. The molecule has 3 aromatic rings. The van der Waals surface area contributed by atoms with Gasteiger partial charge in [0.1, 0.15) is 22.1 Å². The highest BCUT2D eigenvalue weighted by Crippen LogP contribution is 2.75. The van der Waals surface area contributed by atoms with Crippen LogP contribution in [0.3, 0.4) is 0 Å². The molecule has 0 atom stereocenters. The fourth-order valence-electron chi connectivity index (χ4n) is 5.64. The number of hydrogen-bond donors (Lipinski definition) is 0. The van der Waals surface area contributed by atoms with E-state index in [0.29, 0.717) is 0 Å². The highest BCUT2D eigenvalue weighted by molar-refractivity contribution is 8.30. The number of carbonyl (C=O) groups is 1. The monoisotopic (exact) mass is 1050 g/mol. The molecule has 29 heteroatoms. The van der Waals surface area contributed by atoms with Crippen LogP contribution in [0.5, 0.6) is 17.2 Å². The van der Waals surface area contributed by atoms with Crippen molar-refractivity contribution in [2.75, 3.05) is 0 Å². The van der Waals surface area contributed by atoms with Crippen LogP contribution in [0, 0.1) is 0 Å². The van der Waals surface area contributed by atoms with Crippen LogP contribution >= 0.6 is 10.3 Å². The van der Waals surface area contributed by atoms with Gasteiger partial charge in [-0.3, -0.25) is 0 Å². The van der Waals surface area contributed by atoms with Crippen LogP contribution in [0.25, 0.3) is 0 Å². The first-order valence-corrected chi connectivity index (χ1v) is 20.1. The Bertz CT molecular complexity index is 2160. The van der Waals surface area contributed by atoms with Gasteiger partial charge in [-0.1, -0.05) is 36.4 Å². The zero-order valence-electron chi connectivity index (χ0n) is 34.8. The van der Waals surface area contributed by atoms with Gasteiger partial charge in [0.25, 0.3) is 0 Å². The molecule has 0 aliphatic carbocycles. The van der Waals surface area contributed by atoms with E-state index in [1.807, 2.05) is 0 Å². The maximum Gasteiger partial charge on any atom is 0.460 e. The Kier molecular flexibility index (Phi) is 15.4. The summed E-state index contributed by atoms with van der Waals surface area (Å²) in [6.45, 7) is 8.29. The van der Waals surface area contributed by atoms with Crippen molar-refractivity contribution in [3.63, 3.8) is 0 Å². The minimum atomic E-state index is -9.61. The van der Waals surface area contributed by atoms with Gasteiger partial charge in [0.2, 0.25) is 0 Å². The van der Waals surface area contributed by atoms with E-state index in [-0.39, 0.29) is 5.75 Å². The Labute approximate surface area is 370 Å². The number of hydrogen-bond acceptors (Lipinski definition) is 5. The third-order valence-corrected chi connectivity index (χ3v) is 12.1. The smallest absolute Gasteiger partial charge is 0.460 e. The number of alkyl halides is 23. The average Bonchev–Trinajstić information content (AvgIpc) is 3.18. The minimum Gasteiger partial charge on any atom is -0.491 e. The van der Waals surface area contributed by atoms with E-state index < -0.39 is 126 Å². The second-order valence-corrected chi connectivity index (χ2v) is 17.7. The molecule has 68 heavy (non-hydrogen) atoms. The summed E-state index contributed by atoms with van der Waals surface area (Å²) in [6, 6.07) is 12.2. The van der Waals surface area contributed by atoms with Crippen LogP contribution in [-0.4, -0.2) is 89.7 Å². The molecule has 3 rings (SSSR count).